The number of carbonyl (C=O) groups excluding carboxylic acids is 1. The number of ketones is 1. The van der Waals surface area contributed by atoms with Gasteiger partial charge in [-0.25, -0.2) is 4.98 Å². The summed E-state index contributed by atoms with van der Waals surface area (Å²) < 4.78 is 0. The Morgan fingerprint density at radius 2 is 2.17 bits per heavy atom. The number of aromatic nitrogens is 1. The molecule has 4 heteroatoms. The molecule has 1 aliphatic carbocycles. The van der Waals surface area contributed by atoms with Crippen molar-refractivity contribution in [2.45, 2.75) is 45.6 Å². The summed E-state index contributed by atoms with van der Waals surface area (Å²) in [7, 11) is 2.01. The van der Waals surface area contributed by atoms with E-state index in [2.05, 4.69) is 15.3 Å². The van der Waals surface area contributed by atoms with Crippen LogP contribution < -0.4 is 0 Å². The first-order valence-electron chi connectivity index (χ1n) is 6.77. The van der Waals surface area contributed by atoms with Gasteiger partial charge >= 0.3 is 0 Å². The van der Waals surface area contributed by atoms with Crippen LogP contribution in [0.15, 0.2) is 5.38 Å². The fourth-order valence-electron chi connectivity index (χ4n) is 2.63. The lowest BCUT2D eigenvalue weighted by Gasteiger charge is -2.23. The molecule has 0 unspecified atom stereocenters. The molecule has 1 fully saturated rings. The maximum absolute atomic E-state index is 12.1. The van der Waals surface area contributed by atoms with Crippen molar-refractivity contribution in [1.82, 2.24) is 9.88 Å². The Kier molecular flexibility index (Phi) is 4.89. The second-order valence-electron chi connectivity index (χ2n) is 5.33. The maximum atomic E-state index is 12.1. The number of hydrogen-bond acceptors (Lipinski definition) is 4. The molecule has 0 saturated heterocycles. The smallest absolute Gasteiger partial charge is 0.149 e. The van der Waals surface area contributed by atoms with Crippen LogP contribution in [0.1, 0.15) is 42.8 Å². The van der Waals surface area contributed by atoms with Crippen LogP contribution in [-0.4, -0.2) is 29.3 Å². The average molecular weight is 266 g/mol. The molecule has 3 nitrogen and oxygen atoms in total. The van der Waals surface area contributed by atoms with Crippen LogP contribution in [-0.2, 0) is 11.3 Å². The van der Waals surface area contributed by atoms with Crippen molar-refractivity contribution < 1.29 is 4.79 Å². The zero-order chi connectivity index (χ0) is 13.0. The summed E-state index contributed by atoms with van der Waals surface area (Å²) in [4.78, 5) is 18.7. The van der Waals surface area contributed by atoms with E-state index in [1.165, 1.54) is 19.3 Å². The minimum Gasteiger partial charge on any atom is -0.298 e. The van der Waals surface area contributed by atoms with Crippen molar-refractivity contribution in [3.8, 4) is 0 Å². The second-order valence-corrected chi connectivity index (χ2v) is 6.39. The molecular weight excluding hydrogens is 244 g/mol. The largest absolute Gasteiger partial charge is 0.298 e. The molecule has 100 valence electrons. The SMILES string of the molecule is Cc1nc(CN(C)CC(=O)C2CCCCC2)cs1. The molecule has 0 aromatic carbocycles. The lowest BCUT2D eigenvalue weighted by molar-refractivity contribution is -0.124. The van der Waals surface area contributed by atoms with Gasteiger partial charge in [-0.05, 0) is 26.8 Å². The summed E-state index contributed by atoms with van der Waals surface area (Å²) in [5, 5.41) is 3.17. The molecule has 0 N–H and O–H groups in total. The van der Waals surface area contributed by atoms with Gasteiger partial charge in [0.25, 0.3) is 0 Å². The molecule has 1 saturated carbocycles. The molecule has 0 amide bonds. The van der Waals surface area contributed by atoms with E-state index in [0.717, 1.165) is 30.1 Å². The molecule has 1 aromatic heterocycles. The van der Waals surface area contributed by atoms with E-state index in [1.54, 1.807) is 11.3 Å². The van der Waals surface area contributed by atoms with Gasteiger partial charge in [0.05, 0.1) is 17.2 Å². The number of hydrogen-bond donors (Lipinski definition) is 0. The number of nitrogens with zero attached hydrogens (tertiary/aromatic N) is 2. The van der Waals surface area contributed by atoms with Crippen molar-refractivity contribution in [1.29, 1.82) is 0 Å². The summed E-state index contributed by atoms with van der Waals surface area (Å²) in [6.45, 7) is 3.37. The van der Waals surface area contributed by atoms with E-state index in [1.807, 2.05) is 14.0 Å². The van der Waals surface area contributed by atoms with Crippen LogP contribution in [0.4, 0.5) is 0 Å². The van der Waals surface area contributed by atoms with Crippen LogP contribution in [0, 0.1) is 12.8 Å². The van der Waals surface area contributed by atoms with Crippen LogP contribution in [0.5, 0.6) is 0 Å². The van der Waals surface area contributed by atoms with E-state index in [4.69, 9.17) is 0 Å². The van der Waals surface area contributed by atoms with E-state index in [-0.39, 0.29) is 0 Å². The third-order valence-electron chi connectivity index (χ3n) is 3.58. The van der Waals surface area contributed by atoms with Gasteiger partial charge in [-0.15, -0.1) is 11.3 Å². The maximum Gasteiger partial charge on any atom is 0.149 e. The summed E-state index contributed by atoms with van der Waals surface area (Å²) in [5.74, 6) is 0.738. The molecule has 1 aromatic rings. The standard InChI is InChI=1S/C14H22N2OS/c1-11-15-13(10-18-11)8-16(2)9-14(17)12-6-4-3-5-7-12/h10,12H,3-9H2,1-2H3. The number of aryl methyl sites for hydroxylation is 1. The Morgan fingerprint density at radius 1 is 1.44 bits per heavy atom. The Hall–Kier alpha value is -0.740. The highest BCUT2D eigenvalue weighted by Gasteiger charge is 2.21. The minimum absolute atomic E-state index is 0.318. The third-order valence-corrected chi connectivity index (χ3v) is 4.41. The fraction of sp³-hybridized carbons (Fsp3) is 0.714. The van der Waals surface area contributed by atoms with Gasteiger partial charge in [0, 0.05) is 17.8 Å². The summed E-state index contributed by atoms with van der Waals surface area (Å²) in [5.41, 5.74) is 1.08. The van der Waals surface area contributed by atoms with Crippen molar-refractivity contribution in [3.05, 3.63) is 16.1 Å². The number of carbonyl (C=O) groups is 1. The Balaban J connectivity index is 1.79. The van der Waals surface area contributed by atoms with E-state index in [9.17, 15) is 4.79 Å². The van der Waals surface area contributed by atoms with Gasteiger partial charge in [-0.1, -0.05) is 19.3 Å². The zero-order valence-corrected chi connectivity index (χ0v) is 12.1. The van der Waals surface area contributed by atoms with Crippen molar-refractivity contribution >= 4 is 17.1 Å². The zero-order valence-electron chi connectivity index (χ0n) is 11.3. The second kappa shape index (κ2) is 6.43. The van der Waals surface area contributed by atoms with Crippen molar-refractivity contribution in [3.63, 3.8) is 0 Å². The Labute approximate surface area is 113 Å². The van der Waals surface area contributed by atoms with Crippen LogP contribution in [0.2, 0.25) is 0 Å². The van der Waals surface area contributed by atoms with Gasteiger partial charge in [0.2, 0.25) is 0 Å². The highest BCUT2D eigenvalue weighted by atomic mass is 32.1. The normalized spacial score (nSPS) is 17.3. The minimum atomic E-state index is 0.318. The van der Waals surface area contributed by atoms with Gasteiger partial charge < -0.3 is 0 Å². The lowest BCUT2D eigenvalue weighted by Crippen LogP contribution is -2.31. The molecule has 1 heterocycles. The number of rotatable bonds is 5. The first-order valence-corrected chi connectivity index (χ1v) is 7.65. The fourth-order valence-corrected chi connectivity index (χ4v) is 3.24. The third kappa shape index (κ3) is 3.89. The molecule has 0 spiro atoms. The summed E-state index contributed by atoms with van der Waals surface area (Å²) in [6.07, 6.45) is 5.96. The predicted octanol–water partition coefficient (Wildman–Crippen LogP) is 3.03. The lowest BCUT2D eigenvalue weighted by atomic mass is 9.86. The predicted molar refractivity (Wildman–Crippen MR) is 74.8 cm³/mol. The summed E-state index contributed by atoms with van der Waals surface area (Å²) in [6, 6.07) is 0. The highest BCUT2D eigenvalue weighted by molar-refractivity contribution is 7.09. The van der Waals surface area contributed by atoms with Gasteiger partial charge in [0.1, 0.15) is 5.78 Å². The number of likely N-dealkylation sites (N-methyl/N-ethyl adjacent to an activating group) is 1. The van der Waals surface area contributed by atoms with Gasteiger partial charge in [-0.3, -0.25) is 9.69 Å². The van der Waals surface area contributed by atoms with Crippen LogP contribution in [0.3, 0.4) is 0 Å². The van der Waals surface area contributed by atoms with Crippen LogP contribution >= 0.6 is 11.3 Å². The molecule has 18 heavy (non-hydrogen) atoms. The van der Waals surface area contributed by atoms with E-state index < -0.39 is 0 Å². The van der Waals surface area contributed by atoms with Crippen LogP contribution in [0.25, 0.3) is 0 Å². The van der Waals surface area contributed by atoms with Crippen molar-refractivity contribution in [2.75, 3.05) is 13.6 Å². The molecule has 0 bridgehead atoms. The molecule has 0 radical (unpaired) electrons. The molecule has 1 aliphatic rings. The number of Topliss-reactive ketones (excluding diaryl/α,β-unsaturated/α-hetero) is 1. The highest BCUT2D eigenvalue weighted by Crippen LogP contribution is 2.24. The quantitative estimate of drug-likeness (QED) is 0.821. The van der Waals surface area contributed by atoms with E-state index in [0.29, 0.717) is 18.2 Å². The first-order chi connectivity index (χ1) is 8.65. The molecule has 2 rings (SSSR count). The van der Waals surface area contributed by atoms with Gasteiger partial charge in [-0.2, -0.15) is 0 Å². The van der Waals surface area contributed by atoms with Crippen molar-refractivity contribution in [2.24, 2.45) is 5.92 Å². The number of thiazole rings is 1. The average Bonchev–Trinajstić information content (AvgIpc) is 2.75. The molecular formula is C14H22N2OS. The first kappa shape index (κ1) is 13.7. The van der Waals surface area contributed by atoms with E-state index >= 15 is 0 Å². The Morgan fingerprint density at radius 3 is 2.78 bits per heavy atom. The molecule has 0 aliphatic heterocycles. The molecule has 0 atom stereocenters. The van der Waals surface area contributed by atoms with Gasteiger partial charge in [0.15, 0.2) is 0 Å². The monoisotopic (exact) mass is 266 g/mol. The Bertz CT molecular complexity index is 396. The topological polar surface area (TPSA) is 33.2 Å². The summed E-state index contributed by atoms with van der Waals surface area (Å²) >= 11 is 1.67.